The number of aromatic nitrogens is 3. The van der Waals surface area contributed by atoms with Gasteiger partial charge in [0.25, 0.3) is 0 Å². The standard InChI is InChI=1S/C16H16N8S/c1-18-7-10(6-17)12-4-5-13-15(21-12)24(23-22-13)8-11-2-3-14-16(20-11)25-9-19-14/h2-7,9-10,17,22-23H,8H2,1H3. The molecule has 0 amide bonds. The fourth-order valence-corrected chi connectivity index (χ4v) is 3.33. The summed E-state index contributed by atoms with van der Waals surface area (Å²) >= 11 is 1.53. The number of aliphatic imine (C=N–C) groups is 1. The largest absolute Gasteiger partial charge is 0.312 e. The topological polar surface area (TPSA) is 102 Å². The molecule has 0 bridgehead atoms. The Labute approximate surface area is 148 Å². The monoisotopic (exact) mass is 352 g/mol. The van der Waals surface area contributed by atoms with Gasteiger partial charge < -0.3 is 10.8 Å². The molecular weight excluding hydrogens is 336 g/mol. The maximum absolute atomic E-state index is 7.57. The Morgan fingerprint density at radius 3 is 3.08 bits per heavy atom. The highest BCUT2D eigenvalue weighted by Gasteiger charge is 2.22. The van der Waals surface area contributed by atoms with Gasteiger partial charge in [0.1, 0.15) is 4.83 Å². The van der Waals surface area contributed by atoms with Crippen LogP contribution in [0.4, 0.5) is 11.5 Å². The lowest BCUT2D eigenvalue weighted by atomic mass is 10.1. The molecule has 1 atom stereocenters. The summed E-state index contributed by atoms with van der Waals surface area (Å²) < 4.78 is 0. The Bertz CT molecular complexity index is 950. The molecule has 0 aromatic carbocycles. The van der Waals surface area contributed by atoms with E-state index in [0.717, 1.165) is 33.2 Å². The molecule has 9 heteroatoms. The van der Waals surface area contributed by atoms with Crippen LogP contribution in [-0.2, 0) is 6.54 Å². The average molecular weight is 352 g/mol. The maximum Gasteiger partial charge on any atom is 0.169 e. The molecule has 0 spiro atoms. The molecule has 0 fully saturated rings. The molecule has 1 aliphatic heterocycles. The Morgan fingerprint density at radius 1 is 1.32 bits per heavy atom. The molecule has 3 N–H and O–H groups in total. The highest BCUT2D eigenvalue weighted by Crippen LogP contribution is 2.29. The van der Waals surface area contributed by atoms with Gasteiger partial charge in [-0.2, -0.15) is 0 Å². The van der Waals surface area contributed by atoms with Gasteiger partial charge in [0.05, 0.1) is 40.6 Å². The SMILES string of the molecule is CN=CC(C=N)c1ccc2c(n1)N(Cc1ccc3ncsc3n1)NN2. The van der Waals surface area contributed by atoms with Gasteiger partial charge in [0.15, 0.2) is 5.82 Å². The number of pyridine rings is 2. The summed E-state index contributed by atoms with van der Waals surface area (Å²) in [7, 11) is 1.69. The van der Waals surface area contributed by atoms with Gasteiger partial charge in [-0.1, -0.05) is 0 Å². The Hall–Kier alpha value is -2.91. The van der Waals surface area contributed by atoms with Crippen molar-refractivity contribution in [1.29, 1.82) is 5.41 Å². The Morgan fingerprint density at radius 2 is 2.24 bits per heavy atom. The molecule has 8 nitrogen and oxygen atoms in total. The van der Waals surface area contributed by atoms with Crippen LogP contribution in [0.1, 0.15) is 17.3 Å². The smallest absolute Gasteiger partial charge is 0.169 e. The summed E-state index contributed by atoms with van der Waals surface area (Å²) in [6.45, 7) is 0.557. The Balaban J connectivity index is 1.62. The molecule has 126 valence electrons. The lowest BCUT2D eigenvalue weighted by molar-refractivity contribution is 0.706. The number of hydrazine groups is 2. The molecule has 3 aromatic heterocycles. The van der Waals surface area contributed by atoms with Crippen molar-refractivity contribution in [3.05, 3.63) is 41.2 Å². The molecule has 1 unspecified atom stereocenters. The van der Waals surface area contributed by atoms with E-state index < -0.39 is 0 Å². The van der Waals surface area contributed by atoms with Crippen LogP contribution < -0.4 is 16.0 Å². The van der Waals surface area contributed by atoms with Crippen molar-refractivity contribution in [3.8, 4) is 0 Å². The van der Waals surface area contributed by atoms with Crippen molar-refractivity contribution in [2.75, 3.05) is 17.5 Å². The second kappa shape index (κ2) is 6.54. The molecular formula is C16H16N8S. The van der Waals surface area contributed by atoms with Crippen molar-refractivity contribution < 1.29 is 0 Å². The summed E-state index contributed by atoms with van der Waals surface area (Å²) in [5, 5.41) is 9.47. The second-order valence-electron chi connectivity index (χ2n) is 5.51. The van der Waals surface area contributed by atoms with Crippen molar-refractivity contribution in [2.45, 2.75) is 12.5 Å². The van der Waals surface area contributed by atoms with Crippen LogP contribution in [-0.4, -0.2) is 34.4 Å². The number of nitrogens with one attached hydrogen (secondary N) is 3. The van der Waals surface area contributed by atoms with Crippen LogP contribution in [0.2, 0.25) is 0 Å². The number of thiazole rings is 1. The fourth-order valence-electron chi connectivity index (χ4n) is 2.65. The number of hydrogen-bond donors (Lipinski definition) is 3. The number of rotatable bonds is 5. The van der Waals surface area contributed by atoms with Crippen LogP contribution >= 0.6 is 11.3 Å². The minimum Gasteiger partial charge on any atom is -0.312 e. The molecule has 1 aliphatic rings. The highest BCUT2D eigenvalue weighted by atomic mass is 32.1. The van der Waals surface area contributed by atoms with Gasteiger partial charge in [0, 0.05) is 19.5 Å². The van der Waals surface area contributed by atoms with E-state index in [2.05, 4.69) is 25.9 Å². The molecule has 0 radical (unpaired) electrons. The van der Waals surface area contributed by atoms with E-state index in [-0.39, 0.29) is 5.92 Å². The van der Waals surface area contributed by atoms with Crippen molar-refractivity contribution in [2.24, 2.45) is 4.99 Å². The number of hydrogen-bond acceptors (Lipinski definition) is 9. The van der Waals surface area contributed by atoms with Crippen LogP contribution in [0.25, 0.3) is 10.3 Å². The fraction of sp³-hybridized carbons (Fsp3) is 0.188. The summed E-state index contributed by atoms with van der Waals surface area (Å²) in [5.41, 5.74) is 11.5. The molecule has 0 aliphatic carbocycles. The first kappa shape index (κ1) is 15.6. The van der Waals surface area contributed by atoms with Crippen LogP contribution in [0.3, 0.4) is 0 Å². The zero-order valence-electron chi connectivity index (χ0n) is 13.5. The lowest BCUT2D eigenvalue weighted by Gasteiger charge is -2.17. The van der Waals surface area contributed by atoms with Gasteiger partial charge in [-0.3, -0.25) is 10.0 Å². The predicted octanol–water partition coefficient (Wildman–Crippen LogP) is 2.37. The quantitative estimate of drug-likeness (QED) is 0.609. The molecule has 0 saturated heterocycles. The van der Waals surface area contributed by atoms with Crippen LogP contribution in [0.15, 0.2) is 34.8 Å². The summed E-state index contributed by atoms with van der Waals surface area (Å²) in [4.78, 5) is 18.5. The van der Waals surface area contributed by atoms with E-state index in [1.165, 1.54) is 17.6 Å². The Kier molecular flexibility index (Phi) is 4.08. The van der Waals surface area contributed by atoms with E-state index in [4.69, 9.17) is 10.4 Å². The molecule has 25 heavy (non-hydrogen) atoms. The summed E-state index contributed by atoms with van der Waals surface area (Å²) in [6, 6.07) is 7.79. The third kappa shape index (κ3) is 2.94. The zero-order chi connectivity index (χ0) is 17.2. The average Bonchev–Trinajstić information content (AvgIpc) is 3.26. The minimum absolute atomic E-state index is 0.232. The first-order valence-corrected chi connectivity index (χ1v) is 8.58. The zero-order valence-corrected chi connectivity index (χ0v) is 14.3. The van der Waals surface area contributed by atoms with E-state index in [9.17, 15) is 0 Å². The third-order valence-electron chi connectivity index (χ3n) is 3.88. The molecule has 4 heterocycles. The van der Waals surface area contributed by atoms with Gasteiger partial charge in [0.2, 0.25) is 0 Å². The summed E-state index contributed by atoms with van der Waals surface area (Å²) in [6.07, 6.45) is 3.04. The van der Waals surface area contributed by atoms with Crippen molar-refractivity contribution in [3.63, 3.8) is 0 Å². The van der Waals surface area contributed by atoms with Gasteiger partial charge in [-0.15, -0.1) is 16.9 Å². The van der Waals surface area contributed by atoms with Gasteiger partial charge in [-0.25, -0.2) is 15.0 Å². The number of fused-ring (bicyclic) bond motifs is 2. The van der Waals surface area contributed by atoms with E-state index in [0.29, 0.717) is 6.54 Å². The lowest BCUT2D eigenvalue weighted by Crippen LogP contribution is -2.36. The van der Waals surface area contributed by atoms with E-state index in [1.807, 2.05) is 29.3 Å². The molecule has 4 rings (SSSR count). The third-order valence-corrected chi connectivity index (χ3v) is 4.62. The minimum atomic E-state index is -0.232. The van der Waals surface area contributed by atoms with Gasteiger partial charge >= 0.3 is 0 Å². The van der Waals surface area contributed by atoms with E-state index in [1.54, 1.807) is 18.8 Å². The predicted molar refractivity (Wildman–Crippen MR) is 101 cm³/mol. The number of anilines is 2. The van der Waals surface area contributed by atoms with Crippen molar-refractivity contribution in [1.82, 2.24) is 20.5 Å². The van der Waals surface area contributed by atoms with Gasteiger partial charge in [-0.05, 0) is 24.3 Å². The summed E-state index contributed by atoms with van der Waals surface area (Å²) in [5.74, 6) is 0.546. The number of nitrogens with zero attached hydrogens (tertiary/aromatic N) is 5. The van der Waals surface area contributed by atoms with Crippen molar-refractivity contribution >= 4 is 45.6 Å². The second-order valence-corrected chi connectivity index (χ2v) is 6.34. The van der Waals surface area contributed by atoms with Crippen LogP contribution in [0.5, 0.6) is 0 Å². The maximum atomic E-state index is 7.57. The highest BCUT2D eigenvalue weighted by molar-refractivity contribution is 7.16. The molecule has 0 saturated carbocycles. The first-order chi connectivity index (χ1) is 12.3. The molecule has 3 aromatic rings. The normalized spacial score (nSPS) is 14.7. The van der Waals surface area contributed by atoms with Crippen LogP contribution in [0, 0.1) is 5.41 Å². The van der Waals surface area contributed by atoms with E-state index >= 15 is 0 Å². The first-order valence-electron chi connectivity index (χ1n) is 7.70.